The minimum Gasteiger partial charge on any atom is -0.350 e. The largest absolute Gasteiger partial charge is 0.350 e. The van der Waals surface area contributed by atoms with Crippen molar-refractivity contribution >= 4 is 6.03 Å². The summed E-state index contributed by atoms with van der Waals surface area (Å²) in [5, 5.41) is 3.65. The van der Waals surface area contributed by atoms with Crippen molar-refractivity contribution in [3.63, 3.8) is 0 Å². The van der Waals surface area contributed by atoms with Crippen LogP contribution in [0.1, 0.15) is 17.5 Å². The number of nitrogens with zero attached hydrogens (tertiary/aromatic N) is 2. The average molecular weight is 281 g/mol. The van der Waals surface area contributed by atoms with Gasteiger partial charge in [-0.15, -0.1) is 4.91 Å². The molecule has 2 N–H and O–H groups in total. The molecule has 2 amide bonds. The van der Waals surface area contributed by atoms with E-state index in [1.165, 1.54) is 0 Å². The maximum atomic E-state index is 11.4. The number of urea groups is 1. The fraction of sp³-hybridized carbons (Fsp3) is 0.188. The van der Waals surface area contributed by atoms with Crippen LogP contribution in [-0.4, -0.2) is 17.1 Å². The molecule has 0 bridgehead atoms. The monoisotopic (exact) mass is 281 g/mol. The van der Waals surface area contributed by atoms with Crippen molar-refractivity contribution in [2.24, 2.45) is 11.0 Å². The Bertz CT molecular complexity index is 618. The van der Waals surface area contributed by atoms with Gasteiger partial charge in [-0.1, -0.05) is 60.7 Å². The number of primary amides is 1. The molecule has 1 saturated carbocycles. The third kappa shape index (κ3) is 2.07. The number of rotatable bonds is 4. The molecule has 5 heteroatoms. The van der Waals surface area contributed by atoms with Gasteiger partial charge in [0.1, 0.15) is 0 Å². The van der Waals surface area contributed by atoms with E-state index in [0.717, 1.165) is 16.1 Å². The van der Waals surface area contributed by atoms with Crippen LogP contribution in [0.3, 0.4) is 0 Å². The molecule has 0 radical (unpaired) electrons. The van der Waals surface area contributed by atoms with E-state index in [-0.39, 0.29) is 6.04 Å². The van der Waals surface area contributed by atoms with Crippen molar-refractivity contribution in [3.8, 4) is 0 Å². The van der Waals surface area contributed by atoms with E-state index in [1.54, 1.807) is 0 Å². The van der Waals surface area contributed by atoms with Crippen LogP contribution in [0.5, 0.6) is 0 Å². The predicted molar refractivity (Wildman–Crippen MR) is 79.3 cm³/mol. The second-order valence-electron chi connectivity index (χ2n) is 5.19. The van der Waals surface area contributed by atoms with Gasteiger partial charge in [-0.3, -0.25) is 0 Å². The molecule has 0 heterocycles. The average Bonchev–Trinajstić information content (AvgIpc) is 3.26. The summed E-state index contributed by atoms with van der Waals surface area (Å²) in [6.45, 7) is 0. The van der Waals surface area contributed by atoms with Crippen LogP contribution in [-0.2, 0) is 5.41 Å². The van der Waals surface area contributed by atoms with Gasteiger partial charge in [0.25, 0.3) is 0 Å². The Hall–Kier alpha value is -2.69. The molecule has 21 heavy (non-hydrogen) atoms. The zero-order valence-electron chi connectivity index (χ0n) is 11.3. The van der Waals surface area contributed by atoms with Crippen molar-refractivity contribution in [1.82, 2.24) is 5.01 Å². The molecule has 0 spiro atoms. The molecular weight excluding hydrogens is 266 g/mol. The summed E-state index contributed by atoms with van der Waals surface area (Å²) in [6, 6.07) is 18.5. The molecule has 1 atom stereocenters. The molecule has 2 aromatic rings. The molecule has 1 aliphatic carbocycles. The van der Waals surface area contributed by atoms with Crippen molar-refractivity contribution in [1.29, 1.82) is 0 Å². The molecule has 0 aromatic heterocycles. The van der Waals surface area contributed by atoms with E-state index < -0.39 is 11.4 Å². The molecule has 0 saturated heterocycles. The maximum Gasteiger partial charge on any atom is 0.338 e. The number of nitroso groups, excluding NO2 is 1. The summed E-state index contributed by atoms with van der Waals surface area (Å²) in [5.41, 5.74) is 6.95. The number of carbonyl (C=O) groups excluding carboxylic acids is 1. The van der Waals surface area contributed by atoms with Crippen LogP contribution < -0.4 is 5.73 Å². The van der Waals surface area contributed by atoms with Crippen LogP contribution >= 0.6 is 0 Å². The van der Waals surface area contributed by atoms with E-state index in [4.69, 9.17) is 5.73 Å². The van der Waals surface area contributed by atoms with Crippen LogP contribution in [0.2, 0.25) is 0 Å². The third-order valence-corrected chi connectivity index (χ3v) is 4.11. The molecule has 5 nitrogen and oxygen atoms in total. The fourth-order valence-electron chi connectivity index (χ4n) is 3.05. The van der Waals surface area contributed by atoms with Gasteiger partial charge in [0.15, 0.2) is 0 Å². The van der Waals surface area contributed by atoms with Crippen LogP contribution in [0.4, 0.5) is 4.79 Å². The van der Waals surface area contributed by atoms with Gasteiger partial charge in [-0.05, 0) is 17.5 Å². The summed E-state index contributed by atoms with van der Waals surface area (Å²) in [5.74, 6) is 0. The first-order valence-electron chi connectivity index (χ1n) is 6.73. The number of nitrogens with two attached hydrogens (primary N) is 1. The highest BCUT2D eigenvalue weighted by Crippen LogP contribution is 2.56. The molecular formula is C16H15N3O2. The van der Waals surface area contributed by atoms with Crippen molar-refractivity contribution in [2.45, 2.75) is 17.9 Å². The van der Waals surface area contributed by atoms with Crippen molar-refractivity contribution in [3.05, 3.63) is 76.7 Å². The van der Waals surface area contributed by atoms with E-state index in [9.17, 15) is 9.70 Å². The van der Waals surface area contributed by atoms with Crippen LogP contribution in [0.25, 0.3) is 0 Å². The predicted octanol–water partition coefficient (Wildman–Crippen LogP) is 2.81. The fourth-order valence-corrected chi connectivity index (χ4v) is 3.05. The lowest BCUT2D eigenvalue weighted by Crippen LogP contribution is -2.36. The quantitative estimate of drug-likeness (QED) is 0.691. The minimum atomic E-state index is -0.816. The minimum absolute atomic E-state index is 0.336. The van der Waals surface area contributed by atoms with E-state index in [1.807, 2.05) is 60.7 Å². The molecule has 2 aromatic carbocycles. The number of carbonyl (C=O) groups is 1. The third-order valence-electron chi connectivity index (χ3n) is 4.11. The maximum absolute atomic E-state index is 11.4. The van der Waals surface area contributed by atoms with Crippen LogP contribution in [0.15, 0.2) is 65.9 Å². The first-order valence-corrected chi connectivity index (χ1v) is 6.73. The van der Waals surface area contributed by atoms with E-state index >= 15 is 0 Å². The van der Waals surface area contributed by atoms with Gasteiger partial charge < -0.3 is 5.73 Å². The van der Waals surface area contributed by atoms with Crippen molar-refractivity contribution in [2.75, 3.05) is 0 Å². The second-order valence-corrected chi connectivity index (χ2v) is 5.19. The van der Waals surface area contributed by atoms with Gasteiger partial charge in [0, 0.05) is 5.41 Å². The van der Waals surface area contributed by atoms with Crippen LogP contribution in [0, 0.1) is 4.91 Å². The highest BCUT2D eigenvalue weighted by Gasteiger charge is 2.61. The zero-order chi connectivity index (χ0) is 14.9. The first kappa shape index (κ1) is 13.3. The SMILES string of the molecule is NC(=O)N(N=O)C1CC1(c1ccccc1)c1ccccc1. The normalized spacial score (nSPS) is 18.8. The second kappa shape index (κ2) is 5.01. The smallest absolute Gasteiger partial charge is 0.338 e. The van der Waals surface area contributed by atoms with Gasteiger partial charge in [-0.25, -0.2) is 4.79 Å². The highest BCUT2D eigenvalue weighted by atomic mass is 16.3. The Balaban J connectivity index is 2.08. The van der Waals surface area contributed by atoms with Gasteiger partial charge in [0.2, 0.25) is 0 Å². The lowest BCUT2D eigenvalue weighted by Gasteiger charge is -2.21. The Morgan fingerprint density at radius 2 is 1.52 bits per heavy atom. The van der Waals surface area contributed by atoms with Gasteiger partial charge >= 0.3 is 6.03 Å². The lowest BCUT2D eigenvalue weighted by molar-refractivity contribution is 0.203. The Kier molecular flexibility index (Phi) is 3.17. The molecule has 1 aliphatic rings. The summed E-state index contributed by atoms with van der Waals surface area (Å²) in [6.07, 6.45) is 0.635. The molecule has 3 rings (SSSR count). The Morgan fingerprint density at radius 3 is 1.90 bits per heavy atom. The standard InChI is InChI=1S/C16H15N3O2/c17-15(20)19(18-21)14-11-16(14,12-7-3-1-4-8-12)13-9-5-2-6-10-13/h1-10,14H,11H2,(H2,17,20). The summed E-state index contributed by atoms with van der Waals surface area (Å²) in [4.78, 5) is 22.4. The highest BCUT2D eigenvalue weighted by molar-refractivity contribution is 5.73. The molecule has 106 valence electrons. The topological polar surface area (TPSA) is 75.8 Å². The van der Waals surface area contributed by atoms with Crippen molar-refractivity contribution < 1.29 is 4.79 Å². The summed E-state index contributed by atoms with van der Waals surface area (Å²) in [7, 11) is 0. The van der Waals surface area contributed by atoms with Gasteiger partial charge in [-0.2, -0.15) is 5.01 Å². The number of benzene rings is 2. The summed E-state index contributed by atoms with van der Waals surface area (Å²) >= 11 is 0. The Labute approximate surface area is 122 Å². The Morgan fingerprint density at radius 1 is 1.05 bits per heavy atom. The first-order chi connectivity index (χ1) is 10.2. The molecule has 0 aliphatic heterocycles. The number of hydrogen-bond acceptors (Lipinski definition) is 3. The van der Waals surface area contributed by atoms with Gasteiger partial charge in [0.05, 0.1) is 11.3 Å². The summed E-state index contributed by atoms with van der Waals surface area (Å²) < 4.78 is 0. The molecule has 1 fully saturated rings. The van der Waals surface area contributed by atoms with E-state index in [0.29, 0.717) is 6.42 Å². The lowest BCUT2D eigenvalue weighted by atomic mass is 9.87. The molecule has 1 unspecified atom stereocenters. The zero-order valence-corrected chi connectivity index (χ0v) is 11.3. The van der Waals surface area contributed by atoms with E-state index in [2.05, 4.69) is 5.29 Å². The number of amides is 2. The number of hydrogen-bond donors (Lipinski definition) is 1.